The Kier molecular flexibility index (Phi) is 4.62. The molecule has 0 spiro atoms. The molecule has 0 unspecified atom stereocenters. The van der Waals surface area contributed by atoms with E-state index in [1.807, 2.05) is 86.6 Å². The highest BCUT2D eigenvalue weighted by Gasteiger charge is 2.16. The molecule has 0 saturated heterocycles. The summed E-state index contributed by atoms with van der Waals surface area (Å²) in [7, 11) is 0. The molecule has 4 aromatic rings. The number of nitrogens with zero attached hydrogens (tertiary/aromatic N) is 1. The first-order valence-corrected chi connectivity index (χ1v) is 9.24. The zero-order valence-electron chi connectivity index (χ0n) is 15.8. The van der Waals surface area contributed by atoms with Crippen LogP contribution in [0.4, 0.5) is 0 Å². The van der Waals surface area contributed by atoms with Crippen molar-refractivity contribution in [3.63, 3.8) is 0 Å². The molecule has 0 amide bonds. The van der Waals surface area contributed by atoms with Gasteiger partial charge >= 0.3 is 5.97 Å². The third kappa shape index (κ3) is 3.37. The zero-order valence-corrected chi connectivity index (χ0v) is 15.8. The van der Waals surface area contributed by atoms with Gasteiger partial charge in [-0.2, -0.15) is 0 Å². The highest BCUT2D eigenvalue weighted by molar-refractivity contribution is 5.97. The summed E-state index contributed by atoms with van der Waals surface area (Å²) in [6, 6.07) is 25.2. The Labute approximate surface area is 163 Å². The van der Waals surface area contributed by atoms with Crippen molar-refractivity contribution in [3.05, 3.63) is 84.6 Å². The van der Waals surface area contributed by atoms with Crippen LogP contribution in [0.1, 0.15) is 24.3 Å². The van der Waals surface area contributed by atoms with Crippen molar-refractivity contribution in [1.82, 2.24) is 4.57 Å². The van der Waals surface area contributed by atoms with E-state index in [0.29, 0.717) is 0 Å². The minimum absolute atomic E-state index is 0.134. The summed E-state index contributed by atoms with van der Waals surface area (Å²) < 4.78 is 7.48. The van der Waals surface area contributed by atoms with Crippen LogP contribution >= 0.6 is 0 Å². The molecule has 0 aliphatic rings. The summed E-state index contributed by atoms with van der Waals surface area (Å²) in [5.41, 5.74) is 4.04. The molecule has 0 aliphatic heterocycles. The third-order valence-electron chi connectivity index (χ3n) is 4.59. The summed E-state index contributed by atoms with van der Waals surface area (Å²) in [5, 5.41) is 10.6. The van der Waals surface area contributed by atoms with E-state index in [1.54, 1.807) is 10.6 Å². The minimum atomic E-state index is -0.947. The van der Waals surface area contributed by atoms with E-state index >= 15 is 0 Å². The van der Waals surface area contributed by atoms with Crippen molar-refractivity contribution < 1.29 is 14.6 Å². The number of rotatable bonds is 5. The average molecular weight is 371 g/mol. The molecule has 0 aliphatic carbocycles. The lowest BCUT2D eigenvalue weighted by atomic mass is 10.0. The van der Waals surface area contributed by atoms with Crippen LogP contribution in [0.2, 0.25) is 0 Å². The summed E-state index contributed by atoms with van der Waals surface area (Å²) in [6.45, 7) is 4.00. The van der Waals surface area contributed by atoms with E-state index in [1.165, 1.54) is 0 Å². The minimum Gasteiger partial charge on any atom is -0.491 e. The summed E-state index contributed by atoms with van der Waals surface area (Å²) in [4.78, 5) is 11.8. The molecular formula is C24H21NO3. The summed E-state index contributed by atoms with van der Waals surface area (Å²) in [5.74, 6) is -0.111. The molecule has 1 heterocycles. The van der Waals surface area contributed by atoms with Crippen LogP contribution < -0.4 is 4.74 Å². The van der Waals surface area contributed by atoms with Crippen LogP contribution in [0, 0.1) is 0 Å². The van der Waals surface area contributed by atoms with Gasteiger partial charge in [-0.15, -0.1) is 0 Å². The number of carboxylic acid groups (broad SMARTS) is 1. The smallest absolute Gasteiger partial charge is 0.352 e. The van der Waals surface area contributed by atoms with E-state index in [9.17, 15) is 9.90 Å². The second-order valence-electron chi connectivity index (χ2n) is 6.97. The number of hydrogen-bond acceptors (Lipinski definition) is 2. The second-order valence-corrected chi connectivity index (χ2v) is 6.97. The molecule has 28 heavy (non-hydrogen) atoms. The van der Waals surface area contributed by atoms with Crippen molar-refractivity contribution in [2.24, 2.45) is 0 Å². The lowest BCUT2D eigenvalue weighted by molar-refractivity contribution is 0.0688. The largest absolute Gasteiger partial charge is 0.491 e. The Morgan fingerprint density at radius 3 is 2.21 bits per heavy atom. The summed E-state index contributed by atoms with van der Waals surface area (Å²) >= 11 is 0. The van der Waals surface area contributed by atoms with Gasteiger partial charge in [-0.05, 0) is 67.4 Å². The number of benzene rings is 3. The van der Waals surface area contributed by atoms with Crippen LogP contribution in [0.5, 0.6) is 5.75 Å². The first kappa shape index (κ1) is 17.9. The number of aromatic nitrogens is 1. The van der Waals surface area contributed by atoms with Gasteiger partial charge in [-0.1, -0.05) is 36.4 Å². The predicted octanol–water partition coefficient (Wildman–Crippen LogP) is 5.78. The maximum atomic E-state index is 11.8. The van der Waals surface area contributed by atoms with Gasteiger partial charge in [0, 0.05) is 11.1 Å². The van der Waals surface area contributed by atoms with Crippen LogP contribution in [0.15, 0.2) is 78.9 Å². The molecule has 0 saturated carbocycles. The van der Waals surface area contributed by atoms with Gasteiger partial charge in [0.25, 0.3) is 0 Å². The molecule has 0 atom stereocenters. The highest BCUT2D eigenvalue weighted by atomic mass is 16.5. The van der Waals surface area contributed by atoms with E-state index in [0.717, 1.165) is 33.5 Å². The first-order chi connectivity index (χ1) is 13.5. The lowest BCUT2D eigenvalue weighted by Crippen LogP contribution is -2.06. The molecule has 0 radical (unpaired) electrons. The van der Waals surface area contributed by atoms with Crippen molar-refractivity contribution in [3.8, 4) is 22.6 Å². The number of aromatic carboxylic acids is 1. The van der Waals surface area contributed by atoms with E-state index < -0.39 is 5.97 Å². The van der Waals surface area contributed by atoms with Gasteiger partial charge in [0.1, 0.15) is 11.4 Å². The van der Waals surface area contributed by atoms with Crippen molar-refractivity contribution in [2.45, 2.75) is 20.0 Å². The SMILES string of the molecule is CC(C)Oc1ccc(-c2ccc3c(c2)cc(C(=O)O)n3-c2ccccc2)cc1. The molecule has 1 aromatic heterocycles. The normalized spacial score (nSPS) is 11.1. The third-order valence-corrected chi connectivity index (χ3v) is 4.59. The molecule has 4 rings (SSSR count). The second kappa shape index (κ2) is 7.24. The Balaban J connectivity index is 1.79. The fraction of sp³-hybridized carbons (Fsp3) is 0.125. The Morgan fingerprint density at radius 1 is 0.893 bits per heavy atom. The topological polar surface area (TPSA) is 51.5 Å². The van der Waals surface area contributed by atoms with Crippen LogP contribution in [-0.2, 0) is 0 Å². The monoisotopic (exact) mass is 371 g/mol. The van der Waals surface area contributed by atoms with Gasteiger partial charge in [-0.25, -0.2) is 4.79 Å². The maximum Gasteiger partial charge on any atom is 0.352 e. The molecule has 3 aromatic carbocycles. The van der Waals surface area contributed by atoms with Gasteiger partial charge in [0.2, 0.25) is 0 Å². The molecule has 4 heteroatoms. The average Bonchev–Trinajstić information content (AvgIpc) is 3.08. The quantitative estimate of drug-likeness (QED) is 0.483. The number of carbonyl (C=O) groups is 1. The van der Waals surface area contributed by atoms with E-state index in [-0.39, 0.29) is 11.8 Å². The first-order valence-electron chi connectivity index (χ1n) is 9.24. The highest BCUT2D eigenvalue weighted by Crippen LogP contribution is 2.30. The van der Waals surface area contributed by atoms with Crippen LogP contribution in [0.3, 0.4) is 0 Å². The Hall–Kier alpha value is -3.53. The van der Waals surface area contributed by atoms with Crippen molar-refractivity contribution >= 4 is 16.9 Å². The van der Waals surface area contributed by atoms with E-state index in [2.05, 4.69) is 0 Å². The van der Waals surface area contributed by atoms with Gasteiger partial charge in [-0.3, -0.25) is 0 Å². The molecule has 4 nitrogen and oxygen atoms in total. The van der Waals surface area contributed by atoms with Crippen LogP contribution in [0.25, 0.3) is 27.7 Å². The number of hydrogen-bond donors (Lipinski definition) is 1. The van der Waals surface area contributed by atoms with E-state index in [4.69, 9.17) is 4.74 Å². The Morgan fingerprint density at radius 2 is 1.57 bits per heavy atom. The molecule has 1 N–H and O–H groups in total. The van der Waals surface area contributed by atoms with Crippen molar-refractivity contribution in [1.29, 1.82) is 0 Å². The van der Waals surface area contributed by atoms with Crippen molar-refractivity contribution in [2.75, 3.05) is 0 Å². The van der Waals surface area contributed by atoms with Crippen LogP contribution in [-0.4, -0.2) is 21.7 Å². The van der Waals surface area contributed by atoms with Gasteiger partial charge < -0.3 is 14.4 Å². The summed E-state index contributed by atoms with van der Waals surface area (Å²) in [6.07, 6.45) is 0.134. The number of carboxylic acids is 1. The molecule has 0 bridgehead atoms. The standard InChI is InChI=1S/C24H21NO3/c1-16(2)28-21-11-8-17(9-12-21)18-10-13-22-19(14-18)15-23(24(26)27)25(22)20-6-4-3-5-7-20/h3-16H,1-2H3,(H,26,27). The molecule has 0 fully saturated rings. The fourth-order valence-electron chi connectivity index (χ4n) is 3.41. The number of fused-ring (bicyclic) bond motifs is 1. The molecule has 140 valence electrons. The Bertz CT molecular complexity index is 1130. The number of para-hydroxylation sites is 1. The van der Waals surface area contributed by atoms with Gasteiger partial charge in [0.15, 0.2) is 0 Å². The number of ether oxygens (including phenoxy) is 1. The molecular weight excluding hydrogens is 350 g/mol. The zero-order chi connectivity index (χ0) is 19.7. The predicted molar refractivity (Wildman–Crippen MR) is 111 cm³/mol. The fourth-order valence-corrected chi connectivity index (χ4v) is 3.41. The lowest BCUT2D eigenvalue weighted by Gasteiger charge is -2.11. The van der Waals surface area contributed by atoms with Gasteiger partial charge in [0.05, 0.1) is 11.6 Å². The maximum absolute atomic E-state index is 11.8.